The summed E-state index contributed by atoms with van der Waals surface area (Å²) in [4.78, 5) is 12.3. The van der Waals surface area contributed by atoms with Crippen LogP contribution in [-0.4, -0.2) is 5.78 Å². The van der Waals surface area contributed by atoms with Crippen molar-refractivity contribution in [1.82, 2.24) is 0 Å². The predicted octanol–water partition coefficient (Wildman–Crippen LogP) is 4.55. The highest BCUT2D eigenvalue weighted by Crippen LogP contribution is 2.35. The molecular weight excluding hydrogens is 260 g/mol. The van der Waals surface area contributed by atoms with Gasteiger partial charge in [-0.25, -0.2) is 0 Å². The average molecular weight is 274 g/mol. The molecule has 0 fully saturated rings. The van der Waals surface area contributed by atoms with E-state index in [-0.39, 0.29) is 11.9 Å². The normalized spacial score (nSPS) is 17.3. The topological polar surface area (TPSA) is 26.3 Å². The molecule has 21 heavy (non-hydrogen) atoms. The van der Waals surface area contributed by atoms with Gasteiger partial charge in [0.15, 0.2) is 5.78 Å². The van der Waals surface area contributed by atoms with E-state index < -0.39 is 0 Å². The fourth-order valence-corrected chi connectivity index (χ4v) is 2.87. The monoisotopic (exact) mass is 274 g/mol. The van der Waals surface area contributed by atoms with Gasteiger partial charge >= 0.3 is 0 Å². The molecule has 0 aromatic heterocycles. The van der Waals surface area contributed by atoms with E-state index in [0.717, 1.165) is 5.56 Å². The summed E-state index contributed by atoms with van der Waals surface area (Å²) in [6.45, 7) is 0. The van der Waals surface area contributed by atoms with Gasteiger partial charge in [-0.2, -0.15) is 0 Å². The highest BCUT2D eigenvalue weighted by Gasteiger charge is 2.27. The molecule has 0 bridgehead atoms. The maximum Gasteiger partial charge on any atom is 0.170 e. The molecule has 0 aliphatic carbocycles. The molecule has 1 atom stereocenters. The van der Waals surface area contributed by atoms with Gasteiger partial charge in [-0.1, -0.05) is 48.5 Å². The lowest BCUT2D eigenvalue weighted by molar-refractivity contribution is 0.0850. The van der Waals surface area contributed by atoms with Crippen LogP contribution in [-0.2, 0) is 0 Å². The summed E-state index contributed by atoms with van der Waals surface area (Å²) < 4.78 is 6.02. The third kappa shape index (κ3) is 2.09. The molecule has 1 aliphatic rings. The Kier molecular flexibility index (Phi) is 2.74. The highest BCUT2D eigenvalue weighted by molar-refractivity contribution is 6.00. The first-order chi connectivity index (χ1) is 10.3. The highest BCUT2D eigenvalue weighted by atomic mass is 16.5. The van der Waals surface area contributed by atoms with Crippen molar-refractivity contribution in [2.75, 3.05) is 0 Å². The van der Waals surface area contributed by atoms with Crippen molar-refractivity contribution in [2.24, 2.45) is 0 Å². The Morgan fingerprint density at radius 3 is 2.52 bits per heavy atom. The largest absolute Gasteiger partial charge is 0.484 e. The molecule has 4 rings (SSSR count). The van der Waals surface area contributed by atoms with Crippen molar-refractivity contribution in [2.45, 2.75) is 12.5 Å². The predicted molar refractivity (Wildman–Crippen MR) is 82.7 cm³/mol. The van der Waals surface area contributed by atoms with Crippen LogP contribution in [0.1, 0.15) is 28.4 Å². The lowest BCUT2D eigenvalue weighted by atomic mass is 9.95. The summed E-state index contributed by atoms with van der Waals surface area (Å²) in [7, 11) is 0. The van der Waals surface area contributed by atoms with Crippen LogP contribution in [0.3, 0.4) is 0 Å². The van der Waals surface area contributed by atoms with Gasteiger partial charge in [0.25, 0.3) is 0 Å². The van der Waals surface area contributed by atoms with Crippen LogP contribution in [0.5, 0.6) is 5.75 Å². The Hall–Kier alpha value is -2.61. The Balaban J connectivity index is 1.75. The number of hydrogen-bond acceptors (Lipinski definition) is 2. The van der Waals surface area contributed by atoms with Crippen LogP contribution < -0.4 is 4.74 Å². The Morgan fingerprint density at radius 2 is 1.62 bits per heavy atom. The fraction of sp³-hybridized carbons (Fsp3) is 0.105. The van der Waals surface area contributed by atoms with Crippen molar-refractivity contribution < 1.29 is 9.53 Å². The van der Waals surface area contributed by atoms with Crippen molar-refractivity contribution >= 4 is 16.6 Å². The van der Waals surface area contributed by atoms with E-state index in [4.69, 9.17) is 4.74 Å². The van der Waals surface area contributed by atoms with Crippen molar-refractivity contribution in [3.05, 3.63) is 77.9 Å². The number of fused-ring (bicyclic) bond motifs is 2. The minimum atomic E-state index is -0.197. The van der Waals surface area contributed by atoms with Crippen molar-refractivity contribution in [3.63, 3.8) is 0 Å². The van der Waals surface area contributed by atoms with Gasteiger partial charge in [0, 0.05) is 0 Å². The van der Waals surface area contributed by atoms with Gasteiger partial charge in [0.1, 0.15) is 11.9 Å². The Morgan fingerprint density at radius 1 is 0.857 bits per heavy atom. The van der Waals surface area contributed by atoms with Crippen LogP contribution in [0.15, 0.2) is 66.7 Å². The smallest absolute Gasteiger partial charge is 0.170 e. The van der Waals surface area contributed by atoms with Crippen LogP contribution in [0.2, 0.25) is 0 Å². The molecule has 0 spiro atoms. The van der Waals surface area contributed by atoms with E-state index in [0.29, 0.717) is 17.7 Å². The summed E-state index contributed by atoms with van der Waals surface area (Å²) in [5.74, 6) is 0.835. The van der Waals surface area contributed by atoms with Gasteiger partial charge in [0.2, 0.25) is 0 Å². The SMILES string of the molecule is O=C1CC(c2ccc3ccccc3c2)Oc2ccccc21. The van der Waals surface area contributed by atoms with Crippen LogP contribution in [0.25, 0.3) is 10.8 Å². The third-order valence-electron chi connectivity index (χ3n) is 3.97. The first kappa shape index (κ1) is 12.2. The molecule has 1 aliphatic heterocycles. The van der Waals surface area contributed by atoms with Crippen LogP contribution >= 0.6 is 0 Å². The first-order valence-electron chi connectivity index (χ1n) is 7.09. The maximum absolute atomic E-state index is 12.3. The third-order valence-corrected chi connectivity index (χ3v) is 3.97. The molecule has 1 heterocycles. The molecular formula is C19H14O2. The molecule has 2 heteroatoms. The number of hydrogen-bond donors (Lipinski definition) is 0. The number of Topliss-reactive ketones (excluding diaryl/α,β-unsaturated/α-hetero) is 1. The fourth-order valence-electron chi connectivity index (χ4n) is 2.87. The summed E-state index contributed by atoms with van der Waals surface area (Å²) in [5.41, 5.74) is 1.74. The van der Waals surface area contributed by atoms with Crippen LogP contribution in [0, 0.1) is 0 Å². The molecule has 2 nitrogen and oxygen atoms in total. The molecule has 102 valence electrons. The Labute approximate surface area is 123 Å². The van der Waals surface area contributed by atoms with E-state index in [2.05, 4.69) is 24.3 Å². The second-order valence-electron chi connectivity index (χ2n) is 5.34. The van der Waals surface area contributed by atoms with Gasteiger partial charge in [0.05, 0.1) is 12.0 Å². The molecule has 3 aromatic rings. The zero-order valence-corrected chi connectivity index (χ0v) is 11.5. The molecule has 0 saturated heterocycles. The summed E-state index contributed by atoms with van der Waals surface area (Å²) in [5, 5.41) is 2.37. The van der Waals surface area contributed by atoms with E-state index in [9.17, 15) is 4.79 Å². The van der Waals surface area contributed by atoms with E-state index >= 15 is 0 Å². The molecule has 0 saturated carbocycles. The minimum absolute atomic E-state index is 0.148. The van der Waals surface area contributed by atoms with E-state index in [1.54, 1.807) is 0 Å². The average Bonchev–Trinajstić information content (AvgIpc) is 2.54. The number of rotatable bonds is 1. The van der Waals surface area contributed by atoms with Crippen LogP contribution in [0.4, 0.5) is 0 Å². The van der Waals surface area contributed by atoms with Crippen molar-refractivity contribution in [1.29, 1.82) is 0 Å². The number of ketones is 1. The molecule has 1 unspecified atom stereocenters. The van der Waals surface area contributed by atoms with E-state index in [1.165, 1.54) is 10.8 Å². The maximum atomic E-state index is 12.3. The zero-order chi connectivity index (χ0) is 14.2. The van der Waals surface area contributed by atoms with Crippen molar-refractivity contribution in [3.8, 4) is 5.75 Å². The van der Waals surface area contributed by atoms with Gasteiger partial charge in [-0.3, -0.25) is 4.79 Å². The number of ether oxygens (including phenoxy) is 1. The number of para-hydroxylation sites is 1. The first-order valence-corrected chi connectivity index (χ1v) is 7.09. The lowest BCUT2D eigenvalue weighted by Gasteiger charge is -2.25. The zero-order valence-electron chi connectivity index (χ0n) is 11.5. The molecule has 0 radical (unpaired) electrons. The summed E-state index contributed by atoms with van der Waals surface area (Å²) >= 11 is 0. The lowest BCUT2D eigenvalue weighted by Crippen LogP contribution is -2.20. The number of benzene rings is 3. The second-order valence-corrected chi connectivity index (χ2v) is 5.34. The van der Waals surface area contributed by atoms with Gasteiger partial charge in [-0.15, -0.1) is 0 Å². The van der Waals surface area contributed by atoms with E-state index in [1.807, 2.05) is 42.5 Å². The Bertz CT molecular complexity index is 836. The molecule has 3 aromatic carbocycles. The van der Waals surface area contributed by atoms with Gasteiger partial charge < -0.3 is 4.74 Å². The minimum Gasteiger partial charge on any atom is -0.484 e. The summed E-state index contributed by atoms with van der Waals surface area (Å²) in [6, 6.07) is 21.9. The summed E-state index contributed by atoms with van der Waals surface area (Å²) in [6.07, 6.45) is 0.201. The number of carbonyl (C=O) groups is 1. The second kappa shape index (κ2) is 4.74. The quantitative estimate of drug-likeness (QED) is 0.651. The number of carbonyl (C=O) groups excluding carboxylic acids is 1. The van der Waals surface area contributed by atoms with Gasteiger partial charge in [-0.05, 0) is 34.5 Å². The molecule has 0 amide bonds. The molecule has 0 N–H and O–H groups in total. The standard InChI is InChI=1S/C19H14O2/c20-17-12-19(21-18-8-4-3-7-16(17)18)15-10-9-13-5-1-2-6-14(13)11-15/h1-11,19H,12H2.